The molecule has 3 amide bonds. The van der Waals surface area contributed by atoms with Gasteiger partial charge >= 0.3 is 0 Å². The number of amides is 3. The van der Waals surface area contributed by atoms with Crippen molar-refractivity contribution in [3.8, 4) is 0 Å². The fourth-order valence-electron chi connectivity index (χ4n) is 3.02. The van der Waals surface area contributed by atoms with Crippen molar-refractivity contribution in [1.82, 2.24) is 10.6 Å². The Bertz CT molecular complexity index is 636. The number of nitrogens with one attached hydrogen (secondary N) is 2. The zero-order chi connectivity index (χ0) is 15.0. The minimum atomic E-state index is -0.504. The van der Waals surface area contributed by atoms with Crippen LogP contribution >= 0.6 is 0 Å². The first-order valence-electron chi connectivity index (χ1n) is 6.95. The summed E-state index contributed by atoms with van der Waals surface area (Å²) >= 11 is 0. The lowest BCUT2D eigenvalue weighted by molar-refractivity contribution is -0.126. The van der Waals surface area contributed by atoms with E-state index in [0.29, 0.717) is 12.0 Å². The van der Waals surface area contributed by atoms with Gasteiger partial charge in [-0.2, -0.15) is 0 Å². The number of carbonyl (C=O) groups excluding carboxylic acids is 3. The third-order valence-electron chi connectivity index (χ3n) is 4.19. The van der Waals surface area contributed by atoms with Crippen LogP contribution in [0.25, 0.3) is 0 Å². The lowest BCUT2D eigenvalue weighted by Crippen LogP contribution is -2.47. The number of allylic oxidation sites excluding steroid dienone is 1. The van der Waals surface area contributed by atoms with Crippen LogP contribution in [0.15, 0.2) is 42.0 Å². The quantitative estimate of drug-likeness (QED) is 0.629. The van der Waals surface area contributed by atoms with Crippen LogP contribution in [0, 0.1) is 11.8 Å². The third kappa shape index (κ3) is 2.35. The maximum absolute atomic E-state index is 12.3. The highest BCUT2D eigenvalue weighted by atomic mass is 16.2. The van der Waals surface area contributed by atoms with Gasteiger partial charge in [0.15, 0.2) is 0 Å². The molecule has 3 unspecified atom stereocenters. The van der Waals surface area contributed by atoms with Gasteiger partial charge in [-0.15, -0.1) is 0 Å². The van der Waals surface area contributed by atoms with Crippen molar-refractivity contribution in [2.24, 2.45) is 11.8 Å². The molecular formula is C16H16N2O3. The van der Waals surface area contributed by atoms with E-state index in [-0.39, 0.29) is 23.6 Å². The number of imide groups is 1. The molecule has 2 N–H and O–H groups in total. The van der Waals surface area contributed by atoms with Crippen LogP contribution in [0.2, 0.25) is 0 Å². The molecule has 0 bridgehead atoms. The molecule has 3 atom stereocenters. The van der Waals surface area contributed by atoms with Gasteiger partial charge in [0.2, 0.25) is 11.8 Å². The summed E-state index contributed by atoms with van der Waals surface area (Å²) in [7, 11) is 0. The minimum Gasteiger partial charge on any atom is -0.345 e. The molecule has 1 aromatic carbocycles. The SMILES string of the molecule is CC1=CCC2C(=O)NC(=O)C2C1NC(=O)c1ccccc1. The Morgan fingerprint density at radius 3 is 2.62 bits per heavy atom. The maximum atomic E-state index is 12.3. The molecule has 108 valence electrons. The van der Waals surface area contributed by atoms with Gasteiger partial charge in [-0.1, -0.05) is 29.8 Å². The molecule has 0 aromatic heterocycles. The van der Waals surface area contributed by atoms with Crippen molar-refractivity contribution in [1.29, 1.82) is 0 Å². The summed E-state index contributed by atoms with van der Waals surface area (Å²) in [4.78, 5) is 36.0. The van der Waals surface area contributed by atoms with Gasteiger partial charge in [0.1, 0.15) is 0 Å². The van der Waals surface area contributed by atoms with Crippen LogP contribution in [0.1, 0.15) is 23.7 Å². The Hall–Kier alpha value is -2.43. The monoisotopic (exact) mass is 284 g/mol. The Kier molecular flexibility index (Phi) is 3.33. The Balaban J connectivity index is 1.85. The molecule has 0 saturated carbocycles. The van der Waals surface area contributed by atoms with Gasteiger partial charge in [-0.3, -0.25) is 19.7 Å². The lowest BCUT2D eigenvalue weighted by atomic mass is 9.77. The second-order valence-electron chi connectivity index (χ2n) is 5.49. The summed E-state index contributed by atoms with van der Waals surface area (Å²) in [5, 5.41) is 5.25. The molecule has 5 nitrogen and oxygen atoms in total. The van der Waals surface area contributed by atoms with E-state index in [4.69, 9.17) is 0 Å². The summed E-state index contributed by atoms with van der Waals surface area (Å²) in [6.45, 7) is 1.88. The molecule has 1 aliphatic heterocycles. The zero-order valence-electron chi connectivity index (χ0n) is 11.6. The molecule has 1 aromatic rings. The molecule has 2 aliphatic rings. The number of hydrogen-bond acceptors (Lipinski definition) is 3. The van der Waals surface area contributed by atoms with Crippen LogP contribution in [0.4, 0.5) is 0 Å². The fraction of sp³-hybridized carbons (Fsp3) is 0.312. The zero-order valence-corrected chi connectivity index (χ0v) is 11.6. The molecule has 3 rings (SSSR count). The molecule has 21 heavy (non-hydrogen) atoms. The molecule has 0 spiro atoms. The van der Waals surface area contributed by atoms with Gasteiger partial charge in [0, 0.05) is 5.56 Å². The van der Waals surface area contributed by atoms with Gasteiger partial charge in [0.25, 0.3) is 5.91 Å². The largest absolute Gasteiger partial charge is 0.345 e. The van der Waals surface area contributed by atoms with E-state index in [1.165, 1.54) is 0 Å². The Morgan fingerprint density at radius 1 is 1.19 bits per heavy atom. The minimum absolute atomic E-state index is 0.235. The van der Waals surface area contributed by atoms with Gasteiger partial charge in [0.05, 0.1) is 17.9 Å². The predicted octanol–water partition coefficient (Wildman–Crippen LogP) is 1.02. The summed E-state index contributed by atoms with van der Waals surface area (Å²) in [5.41, 5.74) is 1.46. The number of carbonyl (C=O) groups is 3. The summed E-state index contributed by atoms with van der Waals surface area (Å²) in [6.07, 6.45) is 2.47. The second kappa shape index (κ2) is 5.16. The van der Waals surface area contributed by atoms with Crippen LogP contribution in [-0.2, 0) is 9.59 Å². The number of hydrogen-bond donors (Lipinski definition) is 2. The Morgan fingerprint density at radius 2 is 1.90 bits per heavy atom. The number of benzene rings is 1. The maximum Gasteiger partial charge on any atom is 0.251 e. The normalized spacial score (nSPS) is 27.7. The van der Waals surface area contributed by atoms with Crippen molar-refractivity contribution in [2.45, 2.75) is 19.4 Å². The van der Waals surface area contributed by atoms with Gasteiger partial charge in [-0.25, -0.2) is 0 Å². The van der Waals surface area contributed by atoms with Crippen molar-refractivity contribution in [2.75, 3.05) is 0 Å². The molecular weight excluding hydrogens is 268 g/mol. The Labute approximate surface area is 122 Å². The smallest absolute Gasteiger partial charge is 0.251 e. The third-order valence-corrected chi connectivity index (χ3v) is 4.19. The van der Waals surface area contributed by atoms with Gasteiger partial charge < -0.3 is 5.32 Å². The van der Waals surface area contributed by atoms with Crippen LogP contribution in [0.3, 0.4) is 0 Å². The number of fused-ring (bicyclic) bond motifs is 1. The van der Waals surface area contributed by atoms with E-state index in [1.54, 1.807) is 24.3 Å². The first kappa shape index (κ1) is 13.5. The highest BCUT2D eigenvalue weighted by molar-refractivity contribution is 6.06. The summed E-state index contributed by atoms with van der Waals surface area (Å²) in [5.74, 6) is -1.65. The molecule has 1 heterocycles. The van der Waals surface area contributed by atoms with Crippen LogP contribution in [0.5, 0.6) is 0 Å². The highest BCUT2D eigenvalue weighted by Crippen LogP contribution is 2.34. The van der Waals surface area contributed by atoms with E-state index < -0.39 is 12.0 Å². The van der Waals surface area contributed by atoms with Gasteiger partial charge in [-0.05, 0) is 25.5 Å². The summed E-state index contributed by atoms with van der Waals surface area (Å²) in [6, 6.07) is 8.41. The summed E-state index contributed by atoms with van der Waals surface area (Å²) < 4.78 is 0. The van der Waals surface area contributed by atoms with Crippen molar-refractivity contribution >= 4 is 17.7 Å². The van der Waals surface area contributed by atoms with Crippen molar-refractivity contribution < 1.29 is 14.4 Å². The van der Waals surface area contributed by atoms with E-state index in [2.05, 4.69) is 10.6 Å². The molecule has 5 heteroatoms. The molecule has 1 aliphatic carbocycles. The first-order chi connectivity index (χ1) is 10.1. The molecule has 0 radical (unpaired) electrons. The highest BCUT2D eigenvalue weighted by Gasteiger charge is 2.48. The van der Waals surface area contributed by atoms with Crippen molar-refractivity contribution in [3.63, 3.8) is 0 Å². The first-order valence-corrected chi connectivity index (χ1v) is 6.95. The number of rotatable bonds is 2. The average molecular weight is 284 g/mol. The fourth-order valence-corrected chi connectivity index (χ4v) is 3.02. The van der Waals surface area contributed by atoms with E-state index in [0.717, 1.165) is 5.57 Å². The van der Waals surface area contributed by atoms with Crippen molar-refractivity contribution in [3.05, 3.63) is 47.5 Å². The van der Waals surface area contributed by atoms with E-state index in [1.807, 2.05) is 19.1 Å². The lowest BCUT2D eigenvalue weighted by Gasteiger charge is -2.30. The van der Waals surface area contributed by atoms with E-state index in [9.17, 15) is 14.4 Å². The molecule has 1 saturated heterocycles. The van der Waals surface area contributed by atoms with E-state index >= 15 is 0 Å². The topological polar surface area (TPSA) is 75.3 Å². The average Bonchev–Trinajstić information content (AvgIpc) is 2.77. The predicted molar refractivity (Wildman–Crippen MR) is 76.2 cm³/mol. The second-order valence-corrected chi connectivity index (χ2v) is 5.49. The van der Waals surface area contributed by atoms with Crippen LogP contribution < -0.4 is 10.6 Å². The standard InChI is InChI=1S/C16H16N2O3/c1-9-7-8-11-12(16(21)18-15(11)20)13(9)17-14(19)10-5-3-2-4-6-10/h2-7,11-13H,8H2,1H3,(H,17,19)(H,18,20,21). The van der Waals surface area contributed by atoms with Crippen LogP contribution in [-0.4, -0.2) is 23.8 Å². The molecule has 1 fully saturated rings.